The first kappa shape index (κ1) is 19.0. The van der Waals surface area contributed by atoms with Gasteiger partial charge in [0.15, 0.2) is 0 Å². The molecular weight excluding hydrogens is 383 g/mol. The number of hydrogen-bond donors (Lipinski definition) is 1. The Labute approximate surface area is 167 Å². The first-order chi connectivity index (χ1) is 13.0. The van der Waals surface area contributed by atoms with Crippen LogP contribution >= 0.6 is 23.2 Å². The van der Waals surface area contributed by atoms with Crippen molar-refractivity contribution in [1.29, 1.82) is 0 Å². The van der Waals surface area contributed by atoms with Crippen molar-refractivity contribution in [2.45, 2.75) is 0 Å². The Morgan fingerprint density at radius 3 is 2.26 bits per heavy atom. The number of nitrogens with zero attached hydrogens (tertiary/aromatic N) is 1. The van der Waals surface area contributed by atoms with E-state index in [9.17, 15) is 9.59 Å². The number of nitrogens with one attached hydrogen (secondary N) is 1. The molecule has 0 bridgehead atoms. The number of rotatable bonds is 4. The third-order valence-electron chi connectivity index (χ3n) is 4.00. The predicted octanol–water partition coefficient (Wildman–Crippen LogP) is 5.52. The molecule has 1 N–H and O–H groups in total. The van der Waals surface area contributed by atoms with Gasteiger partial charge in [-0.05, 0) is 48.5 Å². The van der Waals surface area contributed by atoms with Crippen molar-refractivity contribution in [3.63, 3.8) is 0 Å². The average molecular weight is 399 g/mol. The second-order valence-electron chi connectivity index (χ2n) is 5.86. The zero-order chi connectivity index (χ0) is 19.4. The van der Waals surface area contributed by atoms with E-state index < -0.39 is 0 Å². The fourth-order valence-electron chi connectivity index (χ4n) is 2.54. The molecule has 27 heavy (non-hydrogen) atoms. The van der Waals surface area contributed by atoms with E-state index in [0.717, 1.165) is 5.69 Å². The van der Waals surface area contributed by atoms with Crippen molar-refractivity contribution in [2.24, 2.45) is 0 Å². The number of hydrogen-bond acceptors (Lipinski definition) is 2. The van der Waals surface area contributed by atoms with Crippen LogP contribution in [0.25, 0.3) is 0 Å². The molecule has 0 aromatic heterocycles. The van der Waals surface area contributed by atoms with Crippen molar-refractivity contribution < 1.29 is 9.59 Å². The first-order valence-electron chi connectivity index (χ1n) is 8.15. The number of anilines is 2. The van der Waals surface area contributed by atoms with Gasteiger partial charge in [-0.3, -0.25) is 9.59 Å². The van der Waals surface area contributed by atoms with E-state index in [0.29, 0.717) is 26.9 Å². The molecule has 3 rings (SSSR count). The van der Waals surface area contributed by atoms with Crippen molar-refractivity contribution >= 4 is 46.4 Å². The van der Waals surface area contributed by atoms with Crippen molar-refractivity contribution in [3.05, 3.63) is 94.0 Å². The summed E-state index contributed by atoms with van der Waals surface area (Å²) in [5.41, 5.74) is 1.99. The van der Waals surface area contributed by atoms with E-state index in [1.54, 1.807) is 49.5 Å². The standard InChI is InChI=1S/C21H16Cl2N2O2/c1-25(17-8-3-2-4-9-17)21(27)15-7-5-6-14(12-15)20(26)24-19-11-10-16(22)13-18(19)23/h2-13H,1H3,(H,24,26). The first-order valence-corrected chi connectivity index (χ1v) is 8.91. The fraction of sp³-hybridized carbons (Fsp3) is 0.0476. The maximum atomic E-state index is 12.7. The number of carbonyl (C=O) groups is 2. The zero-order valence-corrected chi connectivity index (χ0v) is 16.0. The van der Waals surface area contributed by atoms with Gasteiger partial charge in [-0.15, -0.1) is 0 Å². The SMILES string of the molecule is CN(C(=O)c1cccc(C(=O)Nc2ccc(Cl)cc2Cl)c1)c1ccccc1. The maximum Gasteiger partial charge on any atom is 0.258 e. The van der Waals surface area contributed by atoms with Crippen LogP contribution in [0.4, 0.5) is 11.4 Å². The molecule has 6 heteroatoms. The molecule has 0 aliphatic carbocycles. The lowest BCUT2D eigenvalue weighted by atomic mass is 10.1. The lowest BCUT2D eigenvalue weighted by Gasteiger charge is -2.17. The zero-order valence-electron chi connectivity index (χ0n) is 14.4. The average Bonchev–Trinajstić information content (AvgIpc) is 2.69. The molecule has 0 aliphatic heterocycles. The summed E-state index contributed by atoms with van der Waals surface area (Å²) >= 11 is 12.0. The normalized spacial score (nSPS) is 10.3. The van der Waals surface area contributed by atoms with Crippen LogP contribution in [-0.2, 0) is 0 Å². The Morgan fingerprint density at radius 1 is 0.852 bits per heavy atom. The van der Waals surface area contributed by atoms with Crippen molar-refractivity contribution in [3.8, 4) is 0 Å². The molecule has 0 unspecified atom stereocenters. The topological polar surface area (TPSA) is 49.4 Å². The highest BCUT2D eigenvalue weighted by Gasteiger charge is 2.16. The Bertz CT molecular complexity index is 990. The maximum absolute atomic E-state index is 12.7. The van der Waals surface area contributed by atoms with Gasteiger partial charge in [0.1, 0.15) is 0 Å². The number of amides is 2. The molecule has 0 aliphatic rings. The second kappa shape index (κ2) is 8.25. The molecule has 3 aromatic rings. The van der Waals surface area contributed by atoms with E-state index in [4.69, 9.17) is 23.2 Å². The number of benzene rings is 3. The van der Waals surface area contributed by atoms with Crippen LogP contribution in [0.3, 0.4) is 0 Å². The lowest BCUT2D eigenvalue weighted by Crippen LogP contribution is -2.26. The van der Waals surface area contributed by atoms with Gasteiger partial charge in [-0.1, -0.05) is 47.5 Å². The number of halogens is 2. The Kier molecular flexibility index (Phi) is 5.79. The van der Waals surface area contributed by atoms with Gasteiger partial charge >= 0.3 is 0 Å². The van der Waals surface area contributed by atoms with Crippen molar-refractivity contribution in [1.82, 2.24) is 0 Å². The molecule has 0 heterocycles. The van der Waals surface area contributed by atoms with Gasteiger partial charge in [0.2, 0.25) is 0 Å². The van der Waals surface area contributed by atoms with E-state index >= 15 is 0 Å². The molecule has 0 fully saturated rings. The van der Waals surface area contributed by atoms with Crippen LogP contribution in [-0.4, -0.2) is 18.9 Å². The highest BCUT2D eigenvalue weighted by Crippen LogP contribution is 2.26. The summed E-state index contributed by atoms with van der Waals surface area (Å²) in [6.45, 7) is 0. The fourth-order valence-corrected chi connectivity index (χ4v) is 3.00. The summed E-state index contributed by atoms with van der Waals surface area (Å²) in [5, 5.41) is 3.55. The molecule has 0 saturated heterocycles. The van der Waals surface area contributed by atoms with Gasteiger partial charge in [0.25, 0.3) is 11.8 Å². The molecule has 0 spiro atoms. The van der Waals surface area contributed by atoms with Crippen LogP contribution < -0.4 is 10.2 Å². The van der Waals surface area contributed by atoms with Gasteiger partial charge in [0, 0.05) is 28.9 Å². The minimum absolute atomic E-state index is 0.208. The monoisotopic (exact) mass is 398 g/mol. The smallest absolute Gasteiger partial charge is 0.258 e. The van der Waals surface area contributed by atoms with Gasteiger partial charge in [-0.25, -0.2) is 0 Å². The van der Waals surface area contributed by atoms with E-state index in [-0.39, 0.29) is 11.8 Å². The van der Waals surface area contributed by atoms with Crippen LogP contribution in [0.5, 0.6) is 0 Å². The minimum Gasteiger partial charge on any atom is -0.321 e. The quantitative estimate of drug-likeness (QED) is 0.628. The van der Waals surface area contributed by atoms with Crippen LogP contribution in [0.15, 0.2) is 72.8 Å². The van der Waals surface area contributed by atoms with Gasteiger partial charge in [0.05, 0.1) is 10.7 Å². The van der Waals surface area contributed by atoms with Crippen molar-refractivity contribution in [2.75, 3.05) is 17.3 Å². The minimum atomic E-state index is -0.365. The molecule has 136 valence electrons. The highest BCUT2D eigenvalue weighted by atomic mass is 35.5. The summed E-state index contributed by atoms with van der Waals surface area (Å²) in [6, 6.07) is 20.6. The molecule has 3 aromatic carbocycles. The predicted molar refractivity (Wildman–Crippen MR) is 110 cm³/mol. The molecule has 0 radical (unpaired) electrons. The lowest BCUT2D eigenvalue weighted by molar-refractivity contribution is 0.0993. The largest absolute Gasteiger partial charge is 0.321 e. The van der Waals surface area contributed by atoms with E-state index in [1.807, 2.05) is 30.3 Å². The van der Waals surface area contributed by atoms with Crippen LogP contribution in [0.2, 0.25) is 10.0 Å². The molecule has 0 saturated carbocycles. The van der Waals surface area contributed by atoms with Gasteiger partial charge in [-0.2, -0.15) is 0 Å². The van der Waals surface area contributed by atoms with Gasteiger partial charge < -0.3 is 10.2 Å². The summed E-state index contributed by atoms with van der Waals surface area (Å²) in [7, 11) is 1.69. The summed E-state index contributed by atoms with van der Waals surface area (Å²) in [5.74, 6) is -0.573. The number of para-hydroxylation sites is 1. The highest BCUT2D eigenvalue weighted by molar-refractivity contribution is 6.36. The summed E-state index contributed by atoms with van der Waals surface area (Å²) in [6.07, 6.45) is 0. The third kappa shape index (κ3) is 4.48. The van der Waals surface area contributed by atoms with E-state index in [2.05, 4.69) is 5.32 Å². The van der Waals surface area contributed by atoms with Crippen LogP contribution in [0.1, 0.15) is 20.7 Å². The molecular formula is C21H16Cl2N2O2. The molecule has 2 amide bonds. The Balaban J connectivity index is 1.80. The van der Waals surface area contributed by atoms with Crippen LogP contribution in [0, 0.1) is 0 Å². The van der Waals surface area contributed by atoms with E-state index in [1.165, 1.54) is 4.90 Å². The molecule has 0 atom stereocenters. The summed E-state index contributed by atoms with van der Waals surface area (Å²) < 4.78 is 0. The second-order valence-corrected chi connectivity index (χ2v) is 6.70. The molecule has 4 nitrogen and oxygen atoms in total. The third-order valence-corrected chi connectivity index (χ3v) is 4.55. The Hall–Kier alpha value is -2.82. The summed E-state index contributed by atoms with van der Waals surface area (Å²) in [4.78, 5) is 26.8. The Morgan fingerprint density at radius 2 is 1.56 bits per heavy atom. The number of carbonyl (C=O) groups excluding carboxylic acids is 2.